The number of esters is 1. The van der Waals surface area contributed by atoms with Gasteiger partial charge in [-0.2, -0.15) is 0 Å². The monoisotopic (exact) mass is 339 g/mol. The molecular formula is C15H14ClNO4S. The van der Waals surface area contributed by atoms with Crippen LogP contribution in [0, 0.1) is 6.92 Å². The predicted molar refractivity (Wildman–Crippen MR) is 84.8 cm³/mol. The van der Waals surface area contributed by atoms with Gasteiger partial charge in [-0.05, 0) is 42.8 Å². The van der Waals surface area contributed by atoms with Gasteiger partial charge in [-0.3, -0.25) is 4.72 Å². The number of halogens is 1. The van der Waals surface area contributed by atoms with Crippen LogP contribution in [0.1, 0.15) is 15.9 Å². The molecule has 0 aliphatic rings. The zero-order chi connectivity index (χ0) is 16.3. The Kier molecular flexibility index (Phi) is 4.73. The van der Waals surface area contributed by atoms with Crippen LogP contribution in [-0.4, -0.2) is 21.5 Å². The molecule has 0 aliphatic carbocycles. The van der Waals surface area contributed by atoms with E-state index in [0.29, 0.717) is 10.7 Å². The Labute approximate surface area is 133 Å². The molecule has 0 radical (unpaired) electrons. The van der Waals surface area contributed by atoms with E-state index < -0.39 is 16.0 Å². The highest BCUT2D eigenvalue weighted by Gasteiger charge is 2.17. The van der Waals surface area contributed by atoms with E-state index in [0.717, 1.165) is 5.56 Å². The maximum Gasteiger partial charge on any atom is 0.337 e. The highest BCUT2D eigenvalue weighted by atomic mass is 35.5. The average molecular weight is 340 g/mol. The number of hydrogen-bond donors (Lipinski definition) is 1. The first-order valence-electron chi connectivity index (χ1n) is 6.31. The third-order valence-corrected chi connectivity index (χ3v) is 4.78. The molecule has 0 atom stereocenters. The van der Waals surface area contributed by atoms with Crippen molar-refractivity contribution < 1.29 is 17.9 Å². The van der Waals surface area contributed by atoms with E-state index in [2.05, 4.69) is 9.46 Å². The summed E-state index contributed by atoms with van der Waals surface area (Å²) < 4.78 is 31.7. The molecule has 22 heavy (non-hydrogen) atoms. The lowest BCUT2D eigenvalue weighted by Crippen LogP contribution is -2.14. The number of methoxy groups -OCH3 is 1. The van der Waals surface area contributed by atoms with Crippen LogP contribution in [0.4, 0.5) is 5.69 Å². The van der Waals surface area contributed by atoms with Crippen molar-refractivity contribution in [1.82, 2.24) is 0 Å². The minimum absolute atomic E-state index is 0.0351. The van der Waals surface area contributed by atoms with Crippen molar-refractivity contribution in [1.29, 1.82) is 0 Å². The molecule has 0 saturated carbocycles. The fourth-order valence-electron chi connectivity index (χ4n) is 1.78. The standard InChI is InChI=1S/C15H14ClNO4S/c1-10-6-7-12(9-14(10)16)17-22(19,20)13-5-3-4-11(8-13)15(18)21-2/h3-9,17H,1-2H3. The molecule has 0 spiro atoms. The fraction of sp³-hybridized carbons (Fsp3) is 0.133. The smallest absolute Gasteiger partial charge is 0.337 e. The zero-order valence-corrected chi connectivity index (χ0v) is 13.5. The number of aryl methyl sites for hydroxylation is 1. The molecule has 0 unspecified atom stereocenters. The summed E-state index contributed by atoms with van der Waals surface area (Å²) in [5.41, 5.74) is 1.35. The third kappa shape index (κ3) is 3.58. The number of ether oxygens (including phenoxy) is 1. The Balaban J connectivity index is 2.34. The van der Waals surface area contributed by atoms with Gasteiger partial charge in [0.2, 0.25) is 0 Å². The van der Waals surface area contributed by atoms with Crippen molar-refractivity contribution in [2.24, 2.45) is 0 Å². The van der Waals surface area contributed by atoms with Crippen LogP contribution in [-0.2, 0) is 14.8 Å². The summed E-state index contributed by atoms with van der Waals surface area (Å²) in [5.74, 6) is -0.601. The number of nitrogens with one attached hydrogen (secondary N) is 1. The van der Waals surface area contributed by atoms with E-state index in [-0.39, 0.29) is 10.5 Å². The number of sulfonamides is 1. The summed E-state index contributed by atoms with van der Waals surface area (Å²) in [6.45, 7) is 1.82. The van der Waals surface area contributed by atoms with Gasteiger partial charge in [-0.1, -0.05) is 23.7 Å². The summed E-state index contributed by atoms with van der Waals surface area (Å²) in [7, 11) is -2.59. The van der Waals surface area contributed by atoms with Crippen LogP contribution in [0.15, 0.2) is 47.4 Å². The molecule has 0 bridgehead atoms. The molecule has 0 aliphatic heterocycles. The Hall–Kier alpha value is -2.05. The van der Waals surface area contributed by atoms with Gasteiger partial charge in [0.1, 0.15) is 0 Å². The molecule has 1 N–H and O–H groups in total. The van der Waals surface area contributed by atoms with Crippen LogP contribution in [0.3, 0.4) is 0 Å². The van der Waals surface area contributed by atoms with Gasteiger partial charge in [-0.15, -0.1) is 0 Å². The molecule has 2 aromatic rings. The number of anilines is 1. The van der Waals surface area contributed by atoms with Crippen molar-refractivity contribution >= 4 is 33.3 Å². The van der Waals surface area contributed by atoms with Crippen LogP contribution in [0.5, 0.6) is 0 Å². The molecule has 0 aromatic heterocycles. The second kappa shape index (κ2) is 6.37. The van der Waals surface area contributed by atoms with Gasteiger partial charge < -0.3 is 4.74 Å². The summed E-state index contributed by atoms with van der Waals surface area (Å²) in [6, 6.07) is 10.5. The molecular weight excluding hydrogens is 326 g/mol. The molecule has 116 valence electrons. The van der Waals surface area contributed by atoms with Gasteiger partial charge in [0.25, 0.3) is 10.0 Å². The lowest BCUT2D eigenvalue weighted by molar-refractivity contribution is 0.0600. The summed E-state index contributed by atoms with van der Waals surface area (Å²) >= 11 is 5.98. The minimum atomic E-state index is -3.82. The normalized spacial score (nSPS) is 11.0. The van der Waals surface area contributed by atoms with E-state index in [9.17, 15) is 13.2 Å². The summed E-state index contributed by atoms with van der Waals surface area (Å²) in [5, 5.41) is 0.462. The quantitative estimate of drug-likeness (QED) is 0.868. The maximum atomic E-state index is 12.4. The molecule has 0 fully saturated rings. The van der Waals surface area contributed by atoms with E-state index in [1.165, 1.54) is 37.4 Å². The van der Waals surface area contributed by atoms with E-state index in [1.807, 2.05) is 6.92 Å². The average Bonchev–Trinajstić information content (AvgIpc) is 2.50. The highest BCUT2D eigenvalue weighted by molar-refractivity contribution is 7.92. The van der Waals surface area contributed by atoms with Crippen LogP contribution < -0.4 is 4.72 Å². The van der Waals surface area contributed by atoms with Gasteiger partial charge in [0, 0.05) is 5.02 Å². The summed E-state index contributed by atoms with van der Waals surface area (Å²) in [6.07, 6.45) is 0. The lowest BCUT2D eigenvalue weighted by atomic mass is 10.2. The topological polar surface area (TPSA) is 72.5 Å². The molecule has 5 nitrogen and oxygen atoms in total. The van der Waals surface area contributed by atoms with Crippen molar-refractivity contribution in [2.45, 2.75) is 11.8 Å². The van der Waals surface area contributed by atoms with Crippen LogP contribution in [0.25, 0.3) is 0 Å². The van der Waals surface area contributed by atoms with Crippen LogP contribution in [0.2, 0.25) is 5.02 Å². The Morgan fingerprint density at radius 1 is 1.18 bits per heavy atom. The first-order valence-corrected chi connectivity index (χ1v) is 8.17. The molecule has 0 saturated heterocycles. The number of carbonyl (C=O) groups excluding carboxylic acids is 1. The van der Waals surface area contributed by atoms with Crippen LogP contribution >= 0.6 is 11.6 Å². The van der Waals surface area contributed by atoms with Gasteiger partial charge in [-0.25, -0.2) is 13.2 Å². The third-order valence-electron chi connectivity index (χ3n) is 2.99. The molecule has 7 heteroatoms. The SMILES string of the molecule is COC(=O)c1cccc(S(=O)(=O)Nc2ccc(C)c(Cl)c2)c1. The number of benzene rings is 2. The molecule has 0 heterocycles. The Bertz CT molecular complexity index is 818. The van der Waals surface area contributed by atoms with E-state index >= 15 is 0 Å². The second-order valence-electron chi connectivity index (χ2n) is 4.59. The van der Waals surface area contributed by atoms with Crippen molar-refractivity contribution in [2.75, 3.05) is 11.8 Å². The second-order valence-corrected chi connectivity index (χ2v) is 6.68. The zero-order valence-electron chi connectivity index (χ0n) is 12.0. The minimum Gasteiger partial charge on any atom is -0.465 e. The number of hydrogen-bond acceptors (Lipinski definition) is 4. The largest absolute Gasteiger partial charge is 0.465 e. The first kappa shape index (κ1) is 16.3. The Morgan fingerprint density at radius 3 is 2.55 bits per heavy atom. The van der Waals surface area contributed by atoms with Crippen molar-refractivity contribution in [3.05, 3.63) is 58.6 Å². The fourth-order valence-corrected chi connectivity index (χ4v) is 3.05. The van der Waals surface area contributed by atoms with E-state index in [4.69, 9.17) is 11.6 Å². The maximum absolute atomic E-state index is 12.4. The van der Waals surface area contributed by atoms with Gasteiger partial charge in [0.15, 0.2) is 0 Å². The predicted octanol–water partition coefficient (Wildman–Crippen LogP) is 3.24. The van der Waals surface area contributed by atoms with Gasteiger partial charge in [0.05, 0.1) is 23.3 Å². The molecule has 0 amide bonds. The summed E-state index contributed by atoms with van der Waals surface area (Å²) in [4.78, 5) is 11.4. The lowest BCUT2D eigenvalue weighted by Gasteiger charge is -2.10. The van der Waals surface area contributed by atoms with Crippen molar-refractivity contribution in [3.63, 3.8) is 0 Å². The number of carbonyl (C=O) groups is 1. The Morgan fingerprint density at radius 2 is 1.91 bits per heavy atom. The van der Waals surface area contributed by atoms with E-state index in [1.54, 1.807) is 12.1 Å². The first-order chi connectivity index (χ1) is 10.3. The highest BCUT2D eigenvalue weighted by Crippen LogP contribution is 2.23. The van der Waals surface area contributed by atoms with Gasteiger partial charge >= 0.3 is 5.97 Å². The number of rotatable bonds is 4. The molecule has 2 aromatic carbocycles. The van der Waals surface area contributed by atoms with Crippen molar-refractivity contribution in [3.8, 4) is 0 Å². The molecule has 2 rings (SSSR count).